The molecule has 1 aliphatic rings. The van der Waals surface area contributed by atoms with Gasteiger partial charge in [-0.25, -0.2) is 0 Å². The number of unbranched alkanes of at least 4 members (excludes halogenated alkanes) is 3. The van der Waals surface area contributed by atoms with Gasteiger partial charge < -0.3 is 13.8 Å². The van der Waals surface area contributed by atoms with Crippen molar-refractivity contribution in [2.75, 3.05) is 6.61 Å². The van der Waals surface area contributed by atoms with E-state index in [1.807, 2.05) is 13.0 Å². The lowest BCUT2D eigenvalue weighted by Gasteiger charge is -2.31. The van der Waals surface area contributed by atoms with Gasteiger partial charge in [0.15, 0.2) is 0 Å². The van der Waals surface area contributed by atoms with Crippen LogP contribution in [0.2, 0.25) is 0 Å². The molecule has 3 nitrogen and oxygen atoms in total. The number of benzene rings is 3. The van der Waals surface area contributed by atoms with Crippen molar-refractivity contribution in [2.45, 2.75) is 78.3 Å². The van der Waals surface area contributed by atoms with Gasteiger partial charge >= 0.3 is 0 Å². The fraction of sp³-hybridized carbons (Fsp3) is 0.394. The zero-order chi connectivity index (χ0) is 26.4. The smallest absolute Gasteiger partial charge is 0.234 e. The molecule has 1 atom stereocenters. The van der Waals surface area contributed by atoms with E-state index in [1.54, 1.807) is 0 Å². The molecule has 0 spiro atoms. The number of aryl methyl sites for hydroxylation is 1. The molecule has 0 aromatic heterocycles. The summed E-state index contributed by atoms with van der Waals surface area (Å²) in [7, 11) is -1.18. The Labute approximate surface area is 224 Å². The van der Waals surface area contributed by atoms with Crippen LogP contribution in [0, 0.1) is 6.92 Å². The van der Waals surface area contributed by atoms with Gasteiger partial charge in [-0.05, 0) is 48.9 Å². The molecule has 0 N–H and O–H groups in total. The largest absolute Gasteiger partial charge is 0.457 e. The molecule has 3 aromatic rings. The first-order valence-electron chi connectivity index (χ1n) is 13.6. The van der Waals surface area contributed by atoms with E-state index in [-0.39, 0.29) is 5.41 Å². The summed E-state index contributed by atoms with van der Waals surface area (Å²) in [6, 6.07) is 21.3. The second kappa shape index (κ2) is 12.3. The van der Waals surface area contributed by atoms with Crippen LogP contribution < -0.4 is 9.26 Å². The van der Waals surface area contributed by atoms with Crippen LogP contribution in [0.5, 0.6) is 11.5 Å². The van der Waals surface area contributed by atoms with Crippen molar-refractivity contribution in [3.63, 3.8) is 0 Å². The molecular weight excluding hydrogens is 475 g/mol. The maximum Gasteiger partial charge on any atom is 0.234 e. The third-order valence-corrected chi connectivity index (χ3v) is 8.68. The molecule has 0 saturated heterocycles. The normalized spacial score (nSPS) is 13.5. The zero-order valence-electron chi connectivity index (χ0n) is 23.1. The van der Waals surface area contributed by atoms with Crippen LogP contribution in [0.25, 0.3) is 16.9 Å². The molecule has 1 heterocycles. The van der Waals surface area contributed by atoms with Crippen molar-refractivity contribution in [3.05, 3.63) is 89.5 Å². The fourth-order valence-corrected chi connectivity index (χ4v) is 6.29. The monoisotopic (exact) mass is 516 g/mol. The highest BCUT2D eigenvalue weighted by Gasteiger charge is 2.30. The van der Waals surface area contributed by atoms with Crippen LogP contribution in [0.4, 0.5) is 0 Å². The first kappa shape index (κ1) is 27.4. The summed E-state index contributed by atoms with van der Waals surface area (Å²) in [6.45, 7) is 15.9. The fourth-order valence-electron chi connectivity index (χ4n) is 4.92. The Morgan fingerprint density at radius 2 is 1.70 bits per heavy atom. The molecule has 0 amide bonds. The first-order valence-corrected chi connectivity index (χ1v) is 15.0. The van der Waals surface area contributed by atoms with Gasteiger partial charge in [0.1, 0.15) is 17.3 Å². The molecule has 0 radical (unpaired) electrons. The Balaban J connectivity index is 1.77. The van der Waals surface area contributed by atoms with E-state index in [0.29, 0.717) is 12.4 Å². The van der Waals surface area contributed by atoms with Gasteiger partial charge in [0.25, 0.3) is 0 Å². The van der Waals surface area contributed by atoms with Crippen LogP contribution in [0.15, 0.2) is 67.2 Å². The minimum Gasteiger partial charge on any atom is -0.457 e. The molecule has 0 bridgehead atoms. The highest BCUT2D eigenvalue weighted by molar-refractivity contribution is 7.46. The van der Waals surface area contributed by atoms with Crippen molar-refractivity contribution < 1.29 is 13.8 Å². The predicted molar refractivity (Wildman–Crippen MR) is 157 cm³/mol. The SMILES string of the molecule is C=C1Oc2cc(C(C)(C)CCCCCC)cc(OP(Cc3ccccc3)OCC)c2-c2cc(C)ccc21. The zero-order valence-corrected chi connectivity index (χ0v) is 24.0. The van der Waals surface area contributed by atoms with Crippen molar-refractivity contribution in [3.8, 4) is 22.6 Å². The summed E-state index contributed by atoms with van der Waals surface area (Å²) in [5, 5.41) is 0. The Morgan fingerprint density at radius 3 is 2.43 bits per heavy atom. The van der Waals surface area contributed by atoms with Crippen LogP contribution in [-0.2, 0) is 16.1 Å². The molecule has 0 saturated carbocycles. The molecule has 0 fully saturated rings. The summed E-state index contributed by atoms with van der Waals surface area (Å²) in [6.07, 6.45) is 6.86. The summed E-state index contributed by atoms with van der Waals surface area (Å²) in [5.74, 6) is 2.34. The Hall–Kier alpha value is -2.61. The van der Waals surface area contributed by atoms with Crippen LogP contribution in [0.3, 0.4) is 0 Å². The quantitative estimate of drug-likeness (QED) is 0.177. The molecule has 37 heavy (non-hydrogen) atoms. The van der Waals surface area contributed by atoms with E-state index in [2.05, 4.69) is 88.9 Å². The molecule has 196 valence electrons. The van der Waals surface area contributed by atoms with E-state index in [4.69, 9.17) is 13.8 Å². The van der Waals surface area contributed by atoms with Crippen molar-refractivity contribution in [1.29, 1.82) is 0 Å². The maximum absolute atomic E-state index is 6.80. The van der Waals surface area contributed by atoms with E-state index in [0.717, 1.165) is 40.8 Å². The Morgan fingerprint density at radius 1 is 0.919 bits per heavy atom. The van der Waals surface area contributed by atoms with Crippen LogP contribution in [0.1, 0.15) is 82.1 Å². The molecule has 4 heteroatoms. The van der Waals surface area contributed by atoms with E-state index < -0.39 is 8.38 Å². The van der Waals surface area contributed by atoms with Gasteiger partial charge in [-0.3, -0.25) is 0 Å². The molecule has 3 aromatic carbocycles. The number of hydrogen-bond donors (Lipinski definition) is 0. The second-order valence-electron chi connectivity index (χ2n) is 10.6. The van der Waals surface area contributed by atoms with Crippen molar-refractivity contribution >= 4 is 14.1 Å². The van der Waals surface area contributed by atoms with E-state index in [1.165, 1.54) is 42.4 Å². The summed E-state index contributed by atoms with van der Waals surface area (Å²) < 4.78 is 19.3. The second-order valence-corrected chi connectivity index (χ2v) is 12.0. The number of fused-ring (bicyclic) bond motifs is 3. The van der Waals surface area contributed by atoms with Gasteiger partial charge in [-0.2, -0.15) is 0 Å². The molecule has 1 unspecified atom stereocenters. The lowest BCUT2D eigenvalue weighted by molar-refractivity contribution is 0.332. The minimum absolute atomic E-state index is 0.00768. The van der Waals surface area contributed by atoms with Crippen LogP contribution >= 0.6 is 8.38 Å². The first-order chi connectivity index (χ1) is 17.8. The molecular formula is C33H41O3P. The van der Waals surface area contributed by atoms with Gasteiger partial charge in [-0.15, -0.1) is 0 Å². The highest BCUT2D eigenvalue weighted by Crippen LogP contribution is 2.53. The van der Waals surface area contributed by atoms with E-state index in [9.17, 15) is 0 Å². The number of hydrogen-bond acceptors (Lipinski definition) is 3. The molecule has 1 aliphatic heterocycles. The van der Waals surface area contributed by atoms with Gasteiger partial charge in [0.2, 0.25) is 8.38 Å². The predicted octanol–water partition coefficient (Wildman–Crippen LogP) is 10.2. The third kappa shape index (κ3) is 6.64. The van der Waals surface area contributed by atoms with Crippen molar-refractivity contribution in [1.82, 2.24) is 0 Å². The number of rotatable bonds is 12. The molecule has 0 aliphatic carbocycles. The number of ether oxygens (including phenoxy) is 1. The lowest BCUT2D eigenvalue weighted by atomic mass is 9.78. The third-order valence-electron chi connectivity index (χ3n) is 7.11. The Kier molecular flexibility index (Phi) is 9.11. The van der Waals surface area contributed by atoms with Gasteiger partial charge in [0, 0.05) is 11.1 Å². The topological polar surface area (TPSA) is 27.7 Å². The molecule has 4 rings (SSSR count). The summed E-state index contributed by atoms with van der Waals surface area (Å²) in [4.78, 5) is 0. The lowest BCUT2D eigenvalue weighted by Crippen LogP contribution is -2.18. The van der Waals surface area contributed by atoms with Crippen LogP contribution in [-0.4, -0.2) is 6.61 Å². The average Bonchev–Trinajstić information content (AvgIpc) is 2.87. The maximum atomic E-state index is 6.80. The summed E-state index contributed by atoms with van der Waals surface area (Å²) >= 11 is 0. The summed E-state index contributed by atoms with van der Waals surface area (Å²) in [5.41, 5.74) is 6.75. The average molecular weight is 517 g/mol. The Bertz CT molecular complexity index is 1220. The van der Waals surface area contributed by atoms with E-state index >= 15 is 0 Å². The highest BCUT2D eigenvalue weighted by atomic mass is 31.2. The van der Waals surface area contributed by atoms with Gasteiger partial charge in [-0.1, -0.05) is 107 Å². The van der Waals surface area contributed by atoms with Gasteiger partial charge in [0.05, 0.1) is 18.3 Å². The standard InChI is InChI=1S/C33H41O3P/c1-7-9-10-14-19-33(5,6)27-21-30-32(29-20-24(3)17-18-28(29)25(4)35-30)31(22-27)36-37(34-8-2)23-26-15-12-11-13-16-26/h11-13,15-18,20-22H,4,7-10,14,19,23H2,1-3,5-6H3. The minimum atomic E-state index is -1.18. The van der Waals surface area contributed by atoms with Crippen molar-refractivity contribution in [2.24, 2.45) is 0 Å².